The SMILES string of the molecule is CCCCCC(/C=C/C(=N\CCCC)C(C)c1cccc2ccccc12)=C(\C=C\C=C1\N(CCCC)c2ccc3ccccc3c2C1(C)C)Sc1nnc(SC(C)C(=O)OCC)s1. The lowest BCUT2D eigenvalue weighted by Gasteiger charge is -2.27. The Bertz CT molecular complexity index is 2470. The molecule has 1 aliphatic heterocycles. The lowest BCUT2D eigenvalue weighted by atomic mass is 9.81. The van der Waals surface area contributed by atoms with Crippen LogP contribution in [0.25, 0.3) is 21.5 Å². The largest absolute Gasteiger partial charge is 0.465 e. The first kappa shape index (κ1) is 48.0. The summed E-state index contributed by atoms with van der Waals surface area (Å²) in [5.41, 5.74) is 7.46. The van der Waals surface area contributed by atoms with Crippen LogP contribution in [0.4, 0.5) is 5.69 Å². The molecule has 332 valence electrons. The van der Waals surface area contributed by atoms with Crippen molar-refractivity contribution in [3.05, 3.63) is 137 Å². The fourth-order valence-electron chi connectivity index (χ4n) is 8.39. The van der Waals surface area contributed by atoms with Gasteiger partial charge in [0.25, 0.3) is 0 Å². The van der Waals surface area contributed by atoms with Gasteiger partial charge in [-0.15, -0.1) is 10.2 Å². The van der Waals surface area contributed by atoms with E-state index >= 15 is 0 Å². The number of aliphatic imine (C=N–C) groups is 1. The van der Waals surface area contributed by atoms with Crippen molar-refractivity contribution in [2.24, 2.45) is 4.99 Å². The monoisotopic (exact) mass is 898 g/mol. The minimum atomic E-state index is -0.370. The Balaban J connectivity index is 1.45. The molecule has 2 unspecified atom stereocenters. The molecule has 0 saturated carbocycles. The van der Waals surface area contributed by atoms with Crippen molar-refractivity contribution in [2.75, 3.05) is 24.6 Å². The highest BCUT2D eigenvalue weighted by Gasteiger charge is 2.40. The van der Waals surface area contributed by atoms with Crippen LogP contribution in [0.15, 0.2) is 139 Å². The van der Waals surface area contributed by atoms with Gasteiger partial charge in [-0.3, -0.25) is 9.79 Å². The number of allylic oxidation sites excluding steroid dienone is 7. The van der Waals surface area contributed by atoms with Crippen LogP contribution < -0.4 is 4.90 Å². The normalized spacial score (nSPS) is 16.1. The maximum absolute atomic E-state index is 12.5. The van der Waals surface area contributed by atoms with E-state index in [1.54, 1.807) is 11.8 Å². The number of benzene rings is 4. The first-order chi connectivity index (χ1) is 30.6. The predicted molar refractivity (Wildman–Crippen MR) is 274 cm³/mol. The number of ether oxygens (including phenoxy) is 1. The van der Waals surface area contributed by atoms with Crippen LogP contribution in [0.1, 0.15) is 124 Å². The number of rotatable bonds is 22. The molecule has 0 aliphatic carbocycles. The van der Waals surface area contributed by atoms with E-state index in [2.05, 4.69) is 166 Å². The van der Waals surface area contributed by atoms with Gasteiger partial charge in [-0.1, -0.05) is 187 Å². The molecular weight excluding hydrogens is 833 g/mol. The highest BCUT2D eigenvalue weighted by atomic mass is 32.2. The molecule has 0 spiro atoms. The summed E-state index contributed by atoms with van der Waals surface area (Å²) in [5.74, 6) is -0.128. The maximum Gasteiger partial charge on any atom is 0.319 e. The number of carbonyl (C=O) groups is 1. The molecule has 6 nitrogen and oxygen atoms in total. The first-order valence-electron chi connectivity index (χ1n) is 23.1. The predicted octanol–water partition coefficient (Wildman–Crippen LogP) is 15.5. The number of unbranched alkanes of at least 4 members (excludes halogenated alkanes) is 4. The lowest BCUT2D eigenvalue weighted by molar-refractivity contribution is -0.142. The average molecular weight is 899 g/mol. The molecule has 0 saturated heterocycles. The van der Waals surface area contributed by atoms with E-state index in [0.717, 1.165) is 83.8 Å². The third-order valence-electron chi connectivity index (χ3n) is 11.8. The molecule has 1 aromatic heterocycles. The van der Waals surface area contributed by atoms with Crippen molar-refractivity contribution in [1.82, 2.24) is 10.2 Å². The summed E-state index contributed by atoms with van der Waals surface area (Å²) in [5, 5.41) is 14.0. The minimum Gasteiger partial charge on any atom is -0.465 e. The molecule has 63 heavy (non-hydrogen) atoms. The van der Waals surface area contributed by atoms with E-state index < -0.39 is 0 Å². The quantitative estimate of drug-likeness (QED) is 0.0225. The summed E-state index contributed by atoms with van der Waals surface area (Å²) >= 11 is 4.59. The van der Waals surface area contributed by atoms with Crippen molar-refractivity contribution in [3.63, 3.8) is 0 Å². The molecule has 0 radical (unpaired) electrons. The number of aromatic nitrogens is 2. The number of fused-ring (bicyclic) bond motifs is 4. The third kappa shape index (κ3) is 12.0. The Labute approximate surface area is 389 Å². The highest BCUT2D eigenvalue weighted by molar-refractivity contribution is 8.06. The van der Waals surface area contributed by atoms with Crippen LogP contribution in [0.3, 0.4) is 0 Å². The molecule has 0 amide bonds. The summed E-state index contributed by atoms with van der Waals surface area (Å²) in [7, 11) is 0. The number of esters is 1. The Morgan fingerprint density at radius 3 is 2.25 bits per heavy atom. The van der Waals surface area contributed by atoms with Crippen LogP contribution in [0.5, 0.6) is 0 Å². The smallest absolute Gasteiger partial charge is 0.319 e. The van der Waals surface area contributed by atoms with Crippen molar-refractivity contribution < 1.29 is 9.53 Å². The molecule has 0 bridgehead atoms. The number of thioether (sulfide) groups is 2. The molecular formula is C54H66N4O2S3. The van der Waals surface area contributed by atoms with Crippen LogP contribution in [-0.2, 0) is 14.9 Å². The van der Waals surface area contributed by atoms with Crippen molar-refractivity contribution >= 4 is 73.8 Å². The van der Waals surface area contributed by atoms with Gasteiger partial charge in [0.15, 0.2) is 8.68 Å². The molecule has 6 rings (SSSR count). The Kier molecular flexibility index (Phi) is 17.9. The molecule has 0 N–H and O–H groups in total. The molecule has 9 heteroatoms. The number of anilines is 1. The summed E-state index contributed by atoms with van der Waals surface area (Å²) in [6.45, 7) is 19.6. The van der Waals surface area contributed by atoms with Gasteiger partial charge in [-0.25, -0.2) is 0 Å². The van der Waals surface area contributed by atoms with Gasteiger partial charge < -0.3 is 9.64 Å². The first-order valence-corrected chi connectivity index (χ1v) is 25.6. The van der Waals surface area contributed by atoms with Crippen LogP contribution >= 0.6 is 34.9 Å². The van der Waals surface area contributed by atoms with Gasteiger partial charge in [0.2, 0.25) is 0 Å². The number of hydrogen-bond donors (Lipinski definition) is 0. The minimum absolute atomic E-state index is 0.109. The Hall–Kier alpha value is -4.44. The van der Waals surface area contributed by atoms with Gasteiger partial charge in [0.05, 0.1) is 6.61 Å². The maximum atomic E-state index is 12.5. The summed E-state index contributed by atoms with van der Waals surface area (Å²) < 4.78 is 6.88. The zero-order valence-electron chi connectivity index (χ0n) is 38.7. The molecule has 1 aliphatic rings. The van der Waals surface area contributed by atoms with E-state index in [0.29, 0.717) is 6.61 Å². The highest BCUT2D eigenvalue weighted by Crippen LogP contribution is 2.51. The van der Waals surface area contributed by atoms with E-state index in [1.165, 1.54) is 72.7 Å². The molecule has 2 atom stereocenters. The van der Waals surface area contributed by atoms with E-state index in [-0.39, 0.29) is 22.6 Å². The number of hydrogen-bond acceptors (Lipinski definition) is 9. The lowest BCUT2D eigenvalue weighted by Crippen LogP contribution is -2.27. The molecule has 2 heterocycles. The van der Waals surface area contributed by atoms with Gasteiger partial charge in [0, 0.05) is 46.4 Å². The second-order valence-corrected chi connectivity index (χ2v) is 20.7. The van der Waals surface area contributed by atoms with Crippen molar-refractivity contribution in [3.8, 4) is 0 Å². The summed E-state index contributed by atoms with van der Waals surface area (Å²) in [6, 6.07) is 28.7. The van der Waals surface area contributed by atoms with Gasteiger partial charge in [0.1, 0.15) is 5.25 Å². The van der Waals surface area contributed by atoms with Gasteiger partial charge >= 0.3 is 5.97 Å². The van der Waals surface area contributed by atoms with Crippen LogP contribution in [-0.4, -0.2) is 46.8 Å². The van der Waals surface area contributed by atoms with E-state index in [1.807, 2.05) is 13.8 Å². The number of carbonyl (C=O) groups excluding carboxylic acids is 1. The Morgan fingerprint density at radius 2 is 1.51 bits per heavy atom. The fraction of sp³-hybridized carbons (Fsp3) is 0.407. The molecule has 4 aromatic carbocycles. The fourth-order valence-corrected chi connectivity index (χ4v) is 11.7. The van der Waals surface area contributed by atoms with Crippen LogP contribution in [0.2, 0.25) is 0 Å². The average Bonchev–Trinajstić information content (AvgIpc) is 3.82. The second-order valence-electron chi connectivity index (χ2n) is 16.8. The van der Waals surface area contributed by atoms with Crippen molar-refractivity contribution in [1.29, 1.82) is 0 Å². The molecule has 0 fully saturated rings. The molecule has 5 aromatic rings. The van der Waals surface area contributed by atoms with Gasteiger partial charge in [-0.05, 0) is 102 Å². The summed E-state index contributed by atoms with van der Waals surface area (Å²) in [4.78, 5) is 21.5. The number of nitrogens with zero attached hydrogens (tertiary/aromatic N) is 4. The third-order valence-corrected chi connectivity index (χ3v) is 15.1. The van der Waals surface area contributed by atoms with Crippen molar-refractivity contribution in [2.45, 2.75) is 132 Å². The summed E-state index contributed by atoms with van der Waals surface area (Å²) in [6.07, 6.45) is 20.2. The standard InChI is InChI=1S/C54H66N4O2S3/c1-9-13-16-25-42(32-34-46(55-36-14-10-2)38(5)43-29-21-26-40-23-17-19-27-44(40)43)48(62-53-57-56-52(63-53)61-39(6)51(59)60-12-4)30-22-31-49-54(7,8)50-45-28-20-18-24-41(45)33-35-47(50)58(49)37-15-11-3/h17-24,26-35,38-39H,9-16,25,36-37H2,1-8H3/b30-22+,34-32+,48-42-,49-31+,55-46+. The second kappa shape index (κ2) is 23.5. The zero-order chi connectivity index (χ0) is 44.8. The van der Waals surface area contributed by atoms with E-state index in [4.69, 9.17) is 9.73 Å². The van der Waals surface area contributed by atoms with Gasteiger partial charge in [-0.2, -0.15) is 0 Å². The topological polar surface area (TPSA) is 67.7 Å². The zero-order valence-corrected chi connectivity index (χ0v) is 41.1. The Morgan fingerprint density at radius 1 is 0.810 bits per heavy atom. The van der Waals surface area contributed by atoms with Crippen LogP contribution in [0, 0.1) is 0 Å². The van der Waals surface area contributed by atoms with E-state index in [9.17, 15) is 4.79 Å².